The lowest BCUT2D eigenvalue weighted by atomic mass is 9.88. The molecule has 4 N–H and O–H groups in total. The predicted molar refractivity (Wildman–Crippen MR) is 251 cm³/mol. The zero-order valence-corrected chi connectivity index (χ0v) is 37.9. The topological polar surface area (TPSA) is 202 Å². The van der Waals surface area contributed by atoms with E-state index in [0.29, 0.717) is 72.5 Å². The van der Waals surface area contributed by atoms with E-state index < -0.39 is 12.0 Å². The molecule has 346 valence electrons. The van der Waals surface area contributed by atoms with E-state index in [1.807, 2.05) is 41.3 Å². The number of halogens is 2. The normalized spacial score (nSPS) is 15.0. The van der Waals surface area contributed by atoms with E-state index in [1.165, 1.54) is 22.4 Å². The number of hydrogen-bond acceptors (Lipinski definition) is 9. The summed E-state index contributed by atoms with van der Waals surface area (Å²) in [6, 6.07) is 27.8. The van der Waals surface area contributed by atoms with E-state index in [9.17, 15) is 24.0 Å². The summed E-state index contributed by atoms with van der Waals surface area (Å²) in [6.07, 6.45) is 9.32. The van der Waals surface area contributed by atoms with Crippen molar-refractivity contribution >= 4 is 65.0 Å². The first-order valence-electron chi connectivity index (χ1n) is 22.1. The van der Waals surface area contributed by atoms with Gasteiger partial charge in [-0.1, -0.05) is 91.0 Å². The molecule has 1 unspecified atom stereocenters. The number of unbranched alkanes of at least 4 members (excludes halogenated alkanes) is 4. The molecule has 2 saturated heterocycles. The van der Waals surface area contributed by atoms with E-state index in [0.717, 1.165) is 63.6 Å². The van der Waals surface area contributed by atoms with E-state index in [4.69, 9.17) is 37.8 Å². The average molecular weight is 939 g/mol. The second-order valence-corrected chi connectivity index (χ2v) is 16.8. The third-order valence-electron chi connectivity index (χ3n) is 11.5. The summed E-state index contributed by atoms with van der Waals surface area (Å²) >= 11 is 13.0. The largest absolute Gasteiger partial charge is 0.483 e. The van der Waals surface area contributed by atoms with Crippen molar-refractivity contribution in [3.63, 3.8) is 0 Å². The van der Waals surface area contributed by atoms with E-state index >= 15 is 0 Å². The Morgan fingerprint density at radius 3 is 2.27 bits per heavy atom. The Balaban J connectivity index is 0.00000234. The number of carboxylic acid groups (broad SMARTS) is 1. The van der Waals surface area contributed by atoms with Gasteiger partial charge >= 0.3 is 0 Å². The zero-order valence-electron chi connectivity index (χ0n) is 36.4. The highest BCUT2D eigenvalue weighted by Crippen LogP contribution is 2.33. The van der Waals surface area contributed by atoms with Gasteiger partial charge in [-0.3, -0.25) is 39.1 Å². The number of rotatable bonds is 18. The number of nitrogens with zero attached hydrogens (tertiary/aromatic N) is 4. The third-order valence-corrected chi connectivity index (χ3v) is 12.1. The SMILES string of the molecule is O=C1CCC(OCCc2ccc(C3CCN(C(=O)CCCCCCCNC(=O)c4cc(NC(=O)c5cc(-c6ccccn6)c(Cl)cc5Cl)n(-c5ccccc5)n4)CC3)cc2)C(=O)N1.O=CO. The standard InChI is InChI=1S/C48H51Cl2N7O6.CH2O2/c49-38-30-39(50)37(29-36(38)40-13-8-10-24-51-40)46(60)53-43-31-41(55-57(43)35-11-5-4-6-12-35)47(61)52-25-9-3-1-2-7-14-45(59)56-26-21-34(22-27-56)33-17-15-32(16-18-33)23-28-63-42-19-20-44(58)54-48(42)62;2-1-3/h4-6,8,10-13,15-18,24,29-31,34,42H,1-3,7,9,14,19-23,25-28H2,(H,52,61)(H,53,60)(H,54,58,62);1H,(H,2,3). The van der Waals surface area contributed by atoms with Crippen molar-refractivity contribution in [2.75, 3.05) is 31.6 Å². The summed E-state index contributed by atoms with van der Waals surface area (Å²) in [5.41, 5.74) is 4.55. The van der Waals surface area contributed by atoms with Gasteiger partial charge in [0, 0.05) is 50.3 Å². The molecule has 0 aliphatic carbocycles. The lowest BCUT2D eigenvalue weighted by Gasteiger charge is -2.32. The van der Waals surface area contributed by atoms with Gasteiger partial charge in [0.15, 0.2) is 5.69 Å². The minimum atomic E-state index is -0.564. The smallest absolute Gasteiger partial charge is 0.290 e. The summed E-state index contributed by atoms with van der Waals surface area (Å²) in [6.45, 7) is 2.14. The van der Waals surface area contributed by atoms with Gasteiger partial charge < -0.3 is 25.4 Å². The quantitative estimate of drug-likeness (QED) is 0.0379. The maximum atomic E-state index is 13.6. The number of amides is 5. The minimum Gasteiger partial charge on any atom is -0.483 e. The van der Waals surface area contributed by atoms with Crippen LogP contribution in [0.1, 0.15) is 102 Å². The summed E-state index contributed by atoms with van der Waals surface area (Å²) in [5.74, 6) is -0.541. The van der Waals surface area contributed by atoms with Gasteiger partial charge in [-0.2, -0.15) is 5.10 Å². The summed E-state index contributed by atoms with van der Waals surface area (Å²) < 4.78 is 7.23. The van der Waals surface area contributed by atoms with Crippen molar-refractivity contribution in [3.8, 4) is 16.9 Å². The lowest BCUT2D eigenvalue weighted by Crippen LogP contribution is -2.45. The second kappa shape index (κ2) is 24.8. The number of aromatic nitrogens is 3. The number of para-hydroxylation sites is 1. The van der Waals surface area contributed by atoms with Crippen LogP contribution in [0.25, 0.3) is 16.9 Å². The zero-order chi connectivity index (χ0) is 46.8. The molecule has 5 amide bonds. The van der Waals surface area contributed by atoms with Crippen molar-refractivity contribution in [1.29, 1.82) is 0 Å². The fourth-order valence-corrected chi connectivity index (χ4v) is 8.49. The Bertz CT molecular complexity index is 2440. The molecule has 1 atom stereocenters. The number of ether oxygens (including phenoxy) is 1. The van der Waals surface area contributed by atoms with E-state index in [2.05, 4.69) is 50.3 Å². The molecule has 0 bridgehead atoms. The molecule has 2 aliphatic heterocycles. The number of carbonyl (C=O) groups excluding carboxylic acids is 5. The number of likely N-dealkylation sites (tertiary alicyclic amines) is 1. The molecule has 4 heterocycles. The van der Waals surface area contributed by atoms with Gasteiger partial charge in [0.1, 0.15) is 11.9 Å². The van der Waals surface area contributed by atoms with Crippen LogP contribution in [0.2, 0.25) is 10.0 Å². The molecule has 0 radical (unpaired) electrons. The Morgan fingerprint density at radius 2 is 1.56 bits per heavy atom. The van der Waals surface area contributed by atoms with Crippen molar-refractivity contribution in [3.05, 3.63) is 130 Å². The molecule has 15 nitrogen and oxygen atoms in total. The van der Waals surface area contributed by atoms with E-state index in [1.54, 1.807) is 24.4 Å². The molecule has 7 rings (SSSR count). The fraction of sp³-hybridized carbons (Fsp3) is 0.347. The van der Waals surface area contributed by atoms with Crippen LogP contribution in [0.4, 0.5) is 5.82 Å². The predicted octanol–water partition coefficient (Wildman–Crippen LogP) is 8.04. The van der Waals surface area contributed by atoms with Crippen molar-refractivity contribution < 1.29 is 38.6 Å². The van der Waals surface area contributed by atoms with Crippen LogP contribution in [0, 0.1) is 0 Å². The first-order chi connectivity index (χ1) is 32.0. The van der Waals surface area contributed by atoms with Crippen LogP contribution >= 0.6 is 23.2 Å². The Kier molecular flexibility index (Phi) is 18.4. The molecule has 2 aromatic heterocycles. The number of carbonyl (C=O) groups is 6. The fourth-order valence-electron chi connectivity index (χ4n) is 7.92. The number of anilines is 1. The van der Waals surface area contributed by atoms with Crippen molar-refractivity contribution in [1.82, 2.24) is 30.3 Å². The molecule has 5 aromatic rings. The van der Waals surface area contributed by atoms with Gasteiger partial charge in [0.2, 0.25) is 11.8 Å². The third kappa shape index (κ3) is 13.8. The van der Waals surface area contributed by atoms with Gasteiger partial charge in [0.05, 0.1) is 33.6 Å². The molecule has 0 saturated carbocycles. The molecule has 0 spiro atoms. The number of hydrogen-bond donors (Lipinski definition) is 4. The molecular weight excluding hydrogens is 885 g/mol. The Hall–Kier alpha value is -6.42. The summed E-state index contributed by atoms with van der Waals surface area (Å²) in [4.78, 5) is 77.8. The second-order valence-electron chi connectivity index (χ2n) is 16.0. The maximum absolute atomic E-state index is 13.6. The molecule has 17 heteroatoms. The molecule has 2 aliphatic rings. The highest BCUT2D eigenvalue weighted by Gasteiger charge is 2.27. The molecule has 3 aromatic carbocycles. The Morgan fingerprint density at radius 1 is 0.848 bits per heavy atom. The number of imide groups is 1. The average Bonchev–Trinajstić information content (AvgIpc) is 3.75. The van der Waals surface area contributed by atoms with Gasteiger partial charge in [-0.15, -0.1) is 0 Å². The summed E-state index contributed by atoms with van der Waals surface area (Å²) in [7, 11) is 0. The van der Waals surface area contributed by atoms with Crippen LogP contribution in [0.5, 0.6) is 0 Å². The monoisotopic (exact) mass is 937 g/mol. The first kappa shape index (κ1) is 49.0. The van der Waals surface area contributed by atoms with Crippen molar-refractivity contribution in [2.45, 2.75) is 82.7 Å². The Labute approximate surface area is 393 Å². The highest BCUT2D eigenvalue weighted by atomic mass is 35.5. The van der Waals surface area contributed by atoms with Gasteiger partial charge in [0.25, 0.3) is 24.2 Å². The first-order valence-corrected chi connectivity index (χ1v) is 22.9. The number of piperidine rings is 2. The molecule has 2 fully saturated rings. The van der Waals surface area contributed by atoms with Crippen LogP contribution in [-0.4, -0.2) is 93.1 Å². The van der Waals surface area contributed by atoms with Crippen LogP contribution in [-0.2, 0) is 30.3 Å². The minimum absolute atomic E-state index is 0.150. The number of pyridine rings is 1. The van der Waals surface area contributed by atoms with Crippen LogP contribution in [0.3, 0.4) is 0 Å². The van der Waals surface area contributed by atoms with E-state index in [-0.39, 0.29) is 46.4 Å². The number of nitrogens with one attached hydrogen (secondary N) is 3. The lowest BCUT2D eigenvalue weighted by molar-refractivity contribution is -0.143. The highest BCUT2D eigenvalue weighted by molar-refractivity contribution is 6.38. The summed E-state index contributed by atoms with van der Waals surface area (Å²) in [5, 5.41) is 20.1. The molecule has 66 heavy (non-hydrogen) atoms. The van der Waals surface area contributed by atoms with Gasteiger partial charge in [-0.25, -0.2) is 4.68 Å². The molecular formula is C49H53Cl2N7O8. The van der Waals surface area contributed by atoms with Gasteiger partial charge in [-0.05, 0) is 92.0 Å². The van der Waals surface area contributed by atoms with Crippen molar-refractivity contribution in [2.24, 2.45) is 0 Å². The maximum Gasteiger partial charge on any atom is 0.290 e. The van der Waals surface area contributed by atoms with Crippen LogP contribution in [0.15, 0.2) is 97.2 Å². The van der Waals surface area contributed by atoms with Crippen LogP contribution < -0.4 is 16.0 Å². The number of benzene rings is 3.